The van der Waals surface area contributed by atoms with Gasteiger partial charge in [-0.25, -0.2) is 8.42 Å². The van der Waals surface area contributed by atoms with Crippen LogP contribution in [0.3, 0.4) is 0 Å². The van der Waals surface area contributed by atoms with Gasteiger partial charge in [-0.15, -0.1) is 0 Å². The Hall–Kier alpha value is -0.870. The van der Waals surface area contributed by atoms with Crippen molar-refractivity contribution in [3.63, 3.8) is 0 Å². The molecule has 0 radical (unpaired) electrons. The van der Waals surface area contributed by atoms with Crippen LogP contribution in [0.5, 0.6) is 0 Å². The summed E-state index contributed by atoms with van der Waals surface area (Å²) in [5.74, 6) is 0. The minimum atomic E-state index is -3.07. The molecular formula is C17H27NO2S. The van der Waals surface area contributed by atoms with Crippen LogP contribution in [-0.2, 0) is 15.3 Å². The number of nitrogens with one attached hydrogen (secondary N) is 1. The van der Waals surface area contributed by atoms with Crippen LogP contribution >= 0.6 is 0 Å². The van der Waals surface area contributed by atoms with Crippen molar-refractivity contribution in [2.75, 3.05) is 12.8 Å². The third-order valence-electron chi connectivity index (χ3n) is 4.90. The molecule has 1 aliphatic rings. The molecule has 0 bridgehead atoms. The zero-order valence-electron chi connectivity index (χ0n) is 13.7. The van der Waals surface area contributed by atoms with Gasteiger partial charge in [-0.05, 0) is 43.2 Å². The molecule has 0 spiro atoms. The fourth-order valence-corrected chi connectivity index (χ4v) is 3.27. The summed E-state index contributed by atoms with van der Waals surface area (Å²) >= 11 is 0. The molecule has 0 aliphatic heterocycles. The lowest BCUT2D eigenvalue weighted by molar-refractivity contribution is 0.350. The lowest BCUT2D eigenvalue weighted by Gasteiger charge is -2.38. The molecule has 0 amide bonds. The van der Waals surface area contributed by atoms with Crippen LogP contribution in [0.1, 0.15) is 57.7 Å². The molecule has 0 heterocycles. The minimum absolute atomic E-state index is 0.196. The van der Waals surface area contributed by atoms with Crippen molar-refractivity contribution < 1.29 is 8.42 Å². The Morgan fingerprint density at radius 2 is 1.90 bits per heavy atom. The molecule has 4 heteroatoms. The Labute approximate surface area is 129 Å². The fraction of sp³-hybridized carbons (Fsp3) is 0.647. The second kappa shape index (κ2) is 5.40. The molecule has 1 aromatic rings. The number of hydrogen-bond donors (Lipinski definition) is 1. The molecule has 1 atom stereocenters. The van der Waals surface area contributed by atoms with E-state index in [9.17, 15) is 8.42 Å². The van der Waals surface area contributed by atoms with E-state index in [4.69, 9.17) is 0 Å². The van der Waals surface area contributed by atoms with Gasteiger partial charge in [-0.2, -0.15) is 0 Å². The molecule has 0 aromatic heterocycles. The van der Waals surface area contributed by atoms with E-state index in [-0.39, 0.29) is 11.5 Å². The highest BCUT2D eigenvalue weighted by molar-refractivity contribution is 7.92. The highest BCUT2D eigenvalue weighted by Gasteiger charge is 2.35. The SMILES string of the molecule is CC1(C)CCC(NCC(C)(C)S(C)(=O)=O)c2ccccc21. The molecule has 118 valence electrons. The van der Waals surface area contributed by atoms with E-state index >= 15 is 0 Å². The van der Waals surface area contributed by atoms with E-state index in [1.807, 2.05) is 0 Å². The van der Waals surface area contributed by atoms with E-state index in [2.05, 4.69) is 43.4 Å². The van der Waals surface area contributed by atoms with Crippen molar-refractivity contribution in [2.24, 2.45) is 0 Å². The van der Waals surface area contributed by atoms with Gasteiger partial charge in [0.2, 0.25) is 0 Å². The lowest BCUT2D eigenvalue weighted by atomic mass is 9.71. The third-order valence-corrected chi connectivity index (χ3v) is 7.05. The highest BCUT2D eigenvalue weighted by atomic mass is 32.2. The minimum Gasteiger partial charge on any atom is -0.308 e. The molecule has 1 N–H and O–H groups in total. The Morgan fingerprint density at radius 3 is 2.52 bits per heavy atom. The number of sulfone groups is 1. The van der Waals surface area contributed by atoms with Crippen LogP contribution in [0, 0.1) is 0 Å². The predicted molar refractivity (Wildman–Crippen MR) is 88.4 cm³/mol. The van der Waals surface area contributed by atoms with E-state index in [0.29, 0.717) is 6.54 Å². The summed E-state index contributed by atoms with van der Waals surface area (Å²) in [6.45, 7) is 8.61. The van der Waals surface area contributed by atoms with E-state index in [0.717, 1.165) is 12.8 Å². The summed E-state index contributed by atoms with van der Waals surface area (Å²) in [5.41, 5.74) is 2.89. The van der Waals surface area contributed by atoms with Crippen LogP contribution in [0.2, 0.25) is 0 Å². The van der Waals surface area contributed by atoms with Crippen molar-refractivity contribution in [3.8, 4) is 0 Å². The standard InChI is InChI=1S/C17H27NO2S/c1-16(2)11-10-15(13-8-6-7-9-14(13)16)18-12-17(3,4)21(5,19)20/h6-9,15,18H,10-12H2,1-5H3. The van der Waals surface area contributed by atoms with Gasteiger partial charge < -0.3 is 5.32 Å². The van der Waals surface area contributed by atoms with Gasteiger partial charge in [0.1, 0.15) is 0 Å². The topological polar surface area (TPSA) is 46.2 Å². The van der Waals surface area contributed by atoms with Gasteiger partial charge in [0.05, 0.1) is 4.75 Å². The van der Waals surface area contributed by atoms with Crippen molar-refractivity contribution in [1.29, 1.82) is 0 Å². The normalized spacial score (nSPS) is 21.9. The summed E-state index contributed by atoms with van der Waals surface area (Å²) in [5, 5.41) is 3.48. The first kappa shape index (κ1) is 16.5. The first-order valence-corrected chi connectivity index (χ1v) is 9.46. The second-order valence-corrected chi connectivity index (χ2v) is 10.1. The molecule has 1 unspecified atom stereocenters. The number of hydrogen-bond acceptors (Lipinski definition) is 3. The Morgan fingerprint density at radius 1 is 1.29 bits per heavy atom. The van der Waals surface area contributed by atoms with Gasteiger partial charge in [0.15, 0.2) is 9.84 Å². The predicted octanol–water partition coefficient (Wildman–Crippen LogP) is 3.21. The zero-order valence-corrected chi connectivity index (χ0v) is 14.5. The van der Waals surface area contributed by atoms with Crippen LogP contribution in [0.4, 0.5) is 0 Å². The zero-order chi connectivity index (χ0) is 15.9. The summed E-state index contributed by atoms with van der Waals surface area (Å²) in [4.78, 5) is 0. The summed E-state index contributed by atoms with van der Waals surface area (Å²) < 4.78 is 22.9. The van der Waals surface area contributed by atoms with Crippen molar-refractivity contribution in [1.82, 2.24) is 5.32 Å². The van der Waals surface area contributed by atoms with E-state index in [1.165, 1.54) is 17.4 Å². The lowest BCUT2D eigenvalue weighted by Crippen LogP contribution is -2.44. The van der Waals surface area contributed by atoms with Crippen molar-refractivity contribution in [2.45, 2.75) is 56.7 Å². The quantitative estimate of drug-likeness (QED) is 0.929. The molecule has 0 saturated carbocycles. The average Bonchev–Trinajstić information content (AvgIpc) is 2.37. The molecule has 0 fully saturated rings. The Kier molecular flexibility index (Phi) is 4.24. The monoisotopic (exact) mass is 309 g/mol. The highest BCUT2D eigenvalue weighted by Crippen LogP contribution is 2.41. The van der Waals surface area contributed by atoms with Crippen LogP contribution < -0.4 is 5.32 Å². The van der Waals surface area contributed by atoms with Gasteiger partial charge >= 0.3 is 0 Å². The van der Waals surface area contributed by atoms with Gasteiger partial charge in [-0.3, -0.25) is 0 Å². The number of rotatable bonds is 4. The van der Waals surface area contributed by atoms with Crippen molar-refractivity contribution >= 4 is 9.84 Å². The second-order valence-electron chi connectivity index (χ2n) is 7.48. The van der Waals surface area contributed by atoms with Gasteiger partial charge in [0, 0.05) is 18.8 Å². The summed E-state index contributed by atoms with van der Waals surface area (Å²) in [6.07, 6.45) is 3.47. The maximum absolute atomic E-state index is 11.8. The summed E-state index contributed by atoms with van der Waals surface area (Å²) in [6, 6.07) is 8.77. The molecule has 1 aromatic carbocycles. The number of fused-ring (bicyclic) bond motifs is 1. The van der Waals surface area contributed by atoms with E-state index < -0.39 is 14.6 Å². The van der Waals surface area contributed by atoms with E-state index in [1.54, 1.807) is 13.8 Å². The van der Waals surface area contributed by atoms with Gasteiger partial charge in [0.25, 0.3) is 0 Å². The number of benzene rings is 1. The fourth-order valence-electron chi connectivity index (χ4n) is 2.92. The van der Waals surface area contributed by atoms with Crippen LogP contribution in [0.25, 0.3) is 0 Å². The molecule has 3 nitrogen and oxygen atoms in total. The smallest absolute Gasteiger partial charge is 0.153 e. The maximum atomic E-state index is 11.8. The first-order valence-electron chi connectivity index (χ1n) is 7.57. The molecule has 2 rings (SSSR count). The molecule has 0 saturated heterocycles. The van der Waals surface area contributed by atoms with Gasteiger partial charge in [-0.1, -0.05) is 38.1 Å². The van der Waals surface area contributed by atoms with Crippen molar-refractivity contribution in [3.05, 3.63) is 35.4 Å². The molecule has 21 heavy (non-hydrogen) atoms. The Bertz CT molecular complexity index is 617. The molecular weight excluding hydrogens is 282 g/mol. The average molecular weight is 309 g/mol. The Balaban J connectivity index is 2.20. The first-order chi connectivity index (χ1) is 9.55. The summed E-state index contributed by atoms with van der Waals surface area (Å²) in [7, 11) is -3.07. The largest absolute Gasteiger partial charge is 0.308 e. The molecule has 1 aliphatic carbocycles. The van der Waals surface area contributed by atoms with Crippen LogP contribution in [-0.4, -0.2) is 26.0 Å². The maximum Gasteiger partial charge on any atom is 0.153 e. The van der Waals surface area contributed by atoms with Crippen LogP contribution in [0.15, 0.2) is 24.3 Å². The third kappa shape index (κ3) is 3.32.